The number of nitrogens with zero attached hydrogens (tertiary/aromatic N) is 2. The van der Waals surface area contributed by atoms with Crippen molar-refractivity contribution >= 4 is 29.3 Å². The fourth-order valence-corrected chi connectivity index (χ4v) is 2.81. The number of thioether (sulfide) groups is 1. The van der Waals surface area contributed by atoms with Crippen molar-refractivity contribution in [2.24, 2.45) is 0 Å². The second kappa shape index (κ2) is 8.38. The summed E-state index contributed by atoms with van der Waals surface area (Å²) in [5.41, 5.74) is -0.0122. The van der Waals surface area contributed by atoms with Gasteiger partial charge in [-0.05, 0) is 25.5 Å². The van der Waals surface area contributed by atoms with E-state index in [4.69, 9.17) is 5.11 Å². The first-order chi connectivity index (χ1) is 10.3. The van der Waals surface area contributed by atoms with Crippen molar-refractivity contribution in [3.8, 4) is 0 Å². The lowest BCUT2D eigenvalue weighted by Crippen LogP contribution is -2.40. The Hall–Kier alpha value is -2.09. The Bertz CT molecular complexity index is 547. The molecule has 0 saturated carbocycles. The van der Waals surface area contributed by atoms with E-state index < -0.39 is 16.1 Å². The Morgan fingerprint density at radius 3 is 2.41 bits per heavy atom. The summed E-state index contributed by atoms with van der Waals surface area (Å²) in [4.78, 5) is 35.2. The van der Waals surface area contributed by atoms with Crippen LogP contribution in [0.3, 0.4) is 0 Å². The van der Waals surface area contributed by atoms with Gasteiger partial charge in [0.1, 0.15) is 6.54 Å². The van der Waals surface area contributed by atoms with Crippen LogP contribution in [0.5, 0.6) is 0 Å². The van der Waals surface area contributed by atoms with Crippen molar-refractivity contribution < 1.29 is 19.6 Å². The molecule has 0 spiro atoms. The summed E-state index contributed by atoms with van der Waals surface area (Å²) in [6, 6.07) is 5.91. The summed E-state index contributed by atoms with van der Waals surface area (Å²) in [7, 11) is 0. The maximum atomic E-state index is 12.3. The average molecular weight is 326 g/mol. The maximum absolute atomic E-state index is 12.3. The summed E-state index contributed by atoms with van der Waals surface area (Å²) in [5, 5.41) is 19.0. The number of carboxylic acids is 1. The lowest BCUT2D eigenvalue weighted by Gasteiger charge is -2.23. The van der Waals surface area contributed by atoms with Crippen LogP contribution in [-0.2, 0) is 9.59 Å². The van der Waals surface area contributed by atoms with Crippen LogP contribution in [0.15, 0.2) is 29.2 Å². The van der Waals surface area contributed by atoms with Gasteiger partial charge in [-0.3, -0.25) is 19.7 Å². The van der Waals surface area contributed by atoms with E-state index in [-0.39, 0.29) is 18.1 Å². The van der Waals surface area contributed by atoms with Crippen LogP contribution in [0.4, 0.5) is 5.69 Å². The van der Waals surface area contributed by atoms with Gasteiger partial charge in [-0.25, -0.2) is 0 Å². The van der Waals surface area contributed by atoms with E-state index >= 15 is 0 Å². The number of rotatable bonds is 8. The molecule has 0 heterocycles. The molecule has 0 aliphatic rings. The molecule has 1 aromatic rings. The second-order valence-electron chi connectivity index (χ2n) is 4.66. The zero-order chi connectivity index (χ0) is 16.7. The van der Waals surface area contributed by atoms with E-state index in [9.17, 15) is 19.7 Å². The number of carboxylic acid groups (broad SMARTS) is 1. The minimum Gasteiger partial charge on any atom is -0.480 e. The summed E-state index contributed by atoms with van der Waals surface area (Å²) in [6.07, 6.45) is 0.675. The molecule has 1 aromatic carbocycles. The molecule has 8 heteroatoms. The molecule has 7 nitrogen and oxygen atoms in total. The highest BCUT2D eigenvalue weighted by atomic mass is 32.2. The Morgan fingerprint density at radius 1 is 1.36 bits per heavy atom. The minimum atomic E-state index is -1.05. The number of carbonyl (C=O) groups excluding carboxylic acids is 1. The molecular weight excluding hydrogens is 308 g/mol. The number of nitro groups is 1. The van der Waals surface area contributed by atoms with E-state index in [2.05, 4.69) is 0 Å². The molecule has 1 atom stereocenters. The first kappa shape index (κ1) is 18.0. The molecule has 1 rings (SSSR count). The standard InChI is InChI=1S/C14H18N2O5S/c1-3-8-15(9-13(17)18)14(19)10(2)22-12-6-4-11(5-7-12)16(20)21/h4-7,10H,3,8-9H2,1-2H3,(H,17,18). The molecule has 1 amide bonds. The highest BCUT2D eigenvalue weighted by Gasteiger charge is 2.22. The molecule has 0 saturated heterocycles. The van der Waals surface area contributed by atoms with Gasteiger partial charge in [-0.15, -0.1) is 11.8 Å². The number of aliphatic carboxylic acids is 1. The van der Waals surface area contributed by atoms with Gasteiger partial charge in [0.2, 0.25) is 5.91 Å². The predicted molar refractivity (Wildman–Crippen MR) is 82.9 cm³/mol. The second-order valence-corrected chi connectivity index (χ2v) is 6.08. The van der Waals surface area contributed by atoms with Crippen molar-refractivity contribution in [3.63, 3.8) is 0 Å². The van der Waals surface area contributed by atoms with Gasteiger partial charge in [0.15, 0.2) is 0 Å². The van der Waals surface area contributed by atoms with Crippen LogP contribution < -0.4 is 0 Å². The van der Waals surface area contributed by atoms with Crippen LogP contribution in [0.25, 0.3) is 0 Å². The third-order valence-corrected chi connectivity index (χ3v) is 3.94. The Balaban J connectivity index is 2.72. The first-order valence-corrected chi connectivity index (χ1v) is 7.64. The van der Waals surface area contributed by atoms with Gasteiger partial charge in [-0.1, -0.05) is 6.92 Å². The number of non-ortho nitro benzene ring substituents is 1. The summed E-state index contributed by atoms with van der Waals surface area (Å²) in [5.74, 6) is -1.30. The first-order valence-electron chi connectivity index (χ1n) is 6.76. The molecule has 0 bridgehead atoms. The third kappa shape index (κ3) is 5.36. The number of carbonyl (C=O) groups is 2. The van der Waals surface area contributed by atoms with E-state index in [1.54, 1.807) is 19.1 Å². The van der Waals surface area contributed by atoms with Crippen molar-refractivity contribution in [2.45, 2.75) is 30.4 Å². The third-order valence-electron chi connectivity index (χ3n) is 2.84. The molecular formula is C14H18N2O5S. The van der Waals surface area contributed by atoms with Gasteiger partial charge < -0.3 is 10.0 Å². The zero-order valence-corrected chi connectivity index (χ0v) is 13.2. The minimum absolute atomic E-state index is 0.0122. The van der Waals surface area contributed by atoms with Crippen LogP contribution in [0, 0.1) is 10.1 Å². The molecule has 22 heavy (non-hydrogen) atoms. The Kier molecular flexibility index (Phi) is 6.84. The van der Waals surface area contributed by atoms with Gasteiger partial charge in [0.25, 0.3) is 5.69 Å². The highest BCUT2D eigenvalue weighted by Crippen LogP contribution is 2.26. The molecule has 0 aliphatic heterocycles. The quantitative estimate of drug-likeness (QED) is 0.447. The van der Waals surface area contributed by atoms with E-state index in [0.29, 0.717) is 13.0 Å². The predicted octanol–water partition coefficient (Wildman–Crippen LogP) is 2.40. The molecule has 0 aliphatic carbocycles. The number of hydrogen-bond acceptors (Lipinski definition) is 5. The Morgan fingerprint density at radius 2 is 1.95 bits per heavy atom. The largest absolute Gasteiger partial charge is 0.480 e. The van der Waals surface area contributed by atoms with E-state index in [0.717, 1.165) is 4.90 Å². The molecule has 1 N–H and O–H groups in total. The van der Waals surface area contributed by atoms with E-state index in [1.165, 1.54) is 28.8 Å². The molecule has 0 radical (unpaired) electrons. The number of benzene rings is 1. The van der Waals surface area contributed by atoms with Crippen LogP contribution in [0.1, 0.15) is 20.3 Å². The number of hydrogen-bond donors (Lipinski definition) is 1. The summed E-state index contributed by atoms with van der Waals surface area (Å²) in [6.45, 7) is 3.63. The monoisotopic (exact) mass is 326 g/mol. The average Bonchev–Trinajstić information content (AvgIpc) is 2.46. The SMILES string of the molecule is CCCN(CC(=O)O)C(=O)C(C)Sc1ccc([N+](=O)[O-])cc1. The van der Waals surface area contributed by atoms with Crippen molar-refractivity contribution in [3.05, 3.63) is 34.4 Å². The lowest BCUT2D eigenvalue weighted by molar-refractivity contribution is -0.384. The number of nitro benzene ring substituents is 1. The van der Waals surface area contributed by atoms with Crippen LogP contribution >= 0.6 is 11.8 Å². The van der Waals surface area contributed by atoms with E-state index in [1.807, 2.05) is 6.92 Å². The fourth-order valence-electron chi connectivity index (χ4n) is 1.86. The topological polar surface area (TPSA) is 101 Å². The van der Waals surface area contributed by atoms with Crippen LogP contribution in [0.2, 0.25) is 0 Å². The summed E-state index contributed by atoms with van der Waals surface area (Å²) < 4.78 is 0. The van der Waals surface area contributed by atoms with Crippen molar-refractivity contribution in [1.82, 2.24) is 4.90 Å². The normalized spacial score (nSPS) is 11.7. The lowest BCUT2D eigenvalue weighted by atomic mass is 10.3. The van der Waals surface area contributed by atoms with Gasteiger partial charge in [-0.2, -0.15) is 0 Å². The maximum Gasteiger partial charge on any atom is 0.323 e. The smallest absolute Gasteiger partial charge is 0.323 e. The zero-order valence-electron chi connectivity index (χ0n) is 12.4. The van der Waals surface area contributed by atoms with Crippen molar-refractivity contribution in [1.29, 1.82) is 0 Å². The van der Waals surface area contributed by atoms with Crippen molar-refractivity contribution in [2.75, 3.05) is 13.1 Å². The molecule has 0 fully saturated rings. The highest BCUT2D eigenvalue weighted by molar-refractivity contribution is 8.00. The molecule has 1 unspecified atom stereocenters. The van der Waals surface area contributed by atoms with Crippen LogP contribution in [-0.4, -0.2) is 45.1 Å². The number of amides is 1. The Labute approximate surface area is 132 Å². The summed E-state index contributed by atoms with van der Waals surface area (Å²) >= 11 is 1.25. The fraction of sp³-hybridized carbons (Fsp3) is 0.429. The van der Waals surface area contributed by atoms with Gasteiger partial charge >= 0.3 is 5.97 Å². The van der Waals surface area contributed by atoms with Gasteiger partial charge in [0.05, 0.1) is 10.2 Å². The molecule has 120 valence electrons. The molecule has 0 aromatic heterocycles. The van der Waals surface area contributed by atoms with Gasteiger partial charge in [0, 0.05) is 23.6 Å².